The summed E-state index contributed by atoms with van der Waals surface area (Å²) in [6, 6.07) is 16.5. The van der Waals surface area contributed by atoms with Crippen molar-refractivity contribution in [3.05, 3.63) is 107 Å². The second kappa shape index (κ2) is 12.6. The fourth-order valence-corrected chi connectivity index (χ4v) is 6.36. The fourth-order valence-electron chi connectivity index (χ4n) is 4.74. The van der Waals surface area contributed by atoms with Crippen molar-refractivity contribution < 1.29 is 24.1 Å². The molecule has 9 nitrogen and oxygen atoms in total. The Kier molecular flexibility index (Phi) is 8.71. The lowest BCUT2D eigenvalue weighted by atomic mass is 9.94. The third-order valence-corrected chi connectivity index (χ3v) is 8.24. The number of carbonyl (C=O) groups is 1. The standard InChI is InChI=1S/C32H26BrN3O6S/c1-5-13-42-29-22(33)14-19(15-25(29)41-4)16-26-31(39)36-28(20-11-12-23(37)24(17-20)40-3)27(18(2)34-32(36)43-26)30(38)35-21-9-7-6-8-10-21/h1,6-12,14-17,28,37H,13H2,2-4H3,(H,35,38)/b26-16-/t28-/m0/s1. The van der Waals surface area contributed by atoms with Gasteiger partial charge in [-0.3, -0.25) is 14.2 Å². The van der Waals surface area contributed by atoms with Gasteiger partial charge in [0.25, 0.3) is 11.5 Å². The smallest absolute Gasteiger partial charge is 0.271 e. The van der Waals surface area contributed by atoms with Gasteiger partial charge in [0.1, 0.15) is 6.61 Å². The fraction of sp³-hybridized carbons (Fsp3) is 0.156. The Bertz CT molecular complexity index is 1970. The number of thiazole rings is 1. The molecule has 218 valence electrons. The number of benzene rings is 3. The number of phenolic OH excluding ortho intramolecular Hbond substituents is 1. The Hall–Kier alpha value is -4.79. The lowest BCUT2D eigenvalue weighted by molar-refractivity contribution is -0.113. The summed E-state index contributed by atoms with van der Waals surface area (Å²) in [7, 11) is 2.95. The van der Waals surface area contributed by atoms with Crippen molar-refractivity contribution in [2.75, 3.05) is 26.1 Å². The zero-order chi connectivity index (χ0) is 30.7. The molecule has 1 aliphatic heterocycles. The Morgan fingerprint density at radius 1 is 1.16 bits per heavy atom. The molecule has 1 aromatic heterocycles. The number of hydrogen-bond acceptors (Lipinski definition) is 8. The van der Waals surface area contributed by atoms with Crippen molar-refractivity contribution in [3.8, 4) is 35.3 Å². The van der Waals surface area contributed by atoms with E-state index < -0.39 is 11.9 Å². The number of methoxy groups -OCH3 is 2. The van der Waals surface area contributed by atoms with Crippen LogP contribution in [0.5, 0.6) is 23.0 Å². The van der Waals surface area contributed by atoms with Crippen molar-refractivity contribution in [3.63, 3.8) is 0 Å². The minimum Gasteiger partial charge on any atom is -0.504 e. The molecule has 0 saturated heterocycles. The number of aromatic hydroxyl groups is 1. The number of terminal acetylenes is 1. The lowest BCUT2D eigenvalue weighted by Crippen LogP contribution is -2.40. The number of hydrogen-bond donors (Lipinski definition) is 2. The minimum absolute atomic E-state index is 0.0640. The number of ether oxygens (including phenoxy) is 3. The van der Waals surface area contributed by atoms with Crippen molar-refractivity contribution >= 4 is 44.9 Å². The van der Waals surface area contributed by atoms with Crippen LogP contribution in [-0.2, 0) is 4.79 Å². The summed E-state index contributed by atoms with van der Waals surface area (Å²) in [6.45, 7) is 1.80. The van der Waals surface area contributed by atoms with Crippen molar-refractivity contribution in [2.45, 2.75) is 13.0 Å². The first kappa shape index (κ1) is 29.7. The van der Waals surface area contributed by atoms with Crippen molar-refractivity contribution in [1.29, 1.82) is 0 Å². The van der Waals surface area contributed by atoms with E-state index in [1.807, 2.05) is 18.2 Å². The second-order valence-corrected chi connectivity index (χ2v) is 11.2. The molecular formula is C32H26BrN3O6S. The van der Waals surface area contributed by atoms with E-state index in [0.29, 0.717) is 47.8 Å². The van der Waals surface area contributed by atoms with E-state index in [2.05, 4.69) is 32.2 Å². The van der Waals surface area contributed by atoms with Gasteiger partial charge in [-0.25, -0.2) is 4.99 Å². The molecule has 11 heteroatoms. The summed E-state index contributed by atoms with van der Waals surface area (Å²) in [5, 5.41) is 13.2. The third-order valence-electron chi connectivity index (χ3n) is 6.67. The van der Waals surface area contributed by atoms with Crippen LogP contribution in [-0.4, -0.2) is 36.4 Å². The lowest BCUT2D eigenvalue weighted by Gasteiger charge is -2.25. The summed E-state index contributed by atoms with van der Waals surface area (Å²) in [6.07, 6.45) is 7.06. The van der Waals surface area contributed by atoms with Crippen LogP contribution >= 0.6 is 27.3 Å². The highest BCUT2D eigenvalue weighted by Gasteiger charge is 2.33. The van der Waals surface area contributed by atoms with Gasteiger partial charge in [-0.2, -0.15) is 0 Å². The van der Waals surface area contributed by atoms with Crippen LogP contribution in [0.2, 0.25) is 0 Å². The molecule has 1 aliphatic rings. The van der Waals surface area contributed by atoms with Gasteiger partial charge in [0.2, 0.25) is 0 Å². The molecule has 0 saturated carbocycles. The van der Waals surface area contributed by atoms with Crippen molar-refractivity contribution in [2.24, 2.45) is 4.99 Å². The van der Waals surface area contributed by atoms with Gasteiger partial charge >= 0.3 is 0 Å². The molecule has 4 aromatic rings. The van der Waals surface area contributed by atoms with Gasteiger partial charge in [-0.15, -0.1) is 6.42 Å². The number of amides is 1. The number of nitrogens with zero attached hydrogens (tertiary/aromatic N) is 2. The quantitative estimate of drug-likeness (QED) is 0.272. The van der Waals surface area contributed by atoms with Crippen LogP contribution in [0.1, 0.15) is 24.1 Å². The average molecular weight is 661 g/mol. The highest BCUT2D eigenvalue weighted by molar-refractivity contribution is 9.10. The summed E-state index contributed by atoms with van der Waals surface area (Å²) < 4.78 is 18.9. The topological polar surface area (TPSA) is 111 Å². The second-order valence-electron chi connectivity index (χ2n) is 9.36. The number of carbonyl (C=O) groups excluding carboxylic acids is 1. The van der Waals surface area contributed by atoms with E-state index in [-0.39, 0.29) is 29.2 Å². The van der Waals surface area contributed by atoms with Gasteiger partial charge in [0, 0.05) is 5.69 Å². The van der Waals surface area contributed by atoms with E-state index in [4.69, 9.17) is 20.6 Å². The van der Waals surface area contributed by atoms with Crippen LogP contribution in [0.3, 0.4) is 0 Å². The Balaban J connectivity index is 1.67. The molecule has 3 aromatic carbocycles. The number of allylic oxidation sites excluding steroid dienone is 1. The van der Waals surface area contributed by atoms with E-state index >= 15 is 0 Å². The molecule has 0 unspecified atom stereocenters. The molecular weight excluding hydrogens is 634 g/mol. The van der Waals surface area contributed by atoms with Gasteiger partial charge in [0.05, 0.1) is 40.5 Å². The van der Waals surface area contributed by atoms with E-state index in [0.717, 1.165) is 0 Å². The van der Waals surface area contributed by atoms with Crippen LogP contribution in [0.15, 0.2) is 86.2 Å². The normalized spacial score (nSPS) is 14.4. The highest BCUT2D eigenvalue weighted by Crippen LogP contribution is 2.37. The summed E-state index contributed by atoms with van der Waals surface area (Å²) >= 11 is 4.70. The summed E-state index contributed by atoms with van der Waals surface area (Å²) in [5.74, 6) is 3.05. The molecule has 1 amide bonds. The number of para-hydroxylation sites is 1. The van der Waals surface area contributed by atoms with Gasteiger partial charge in [-0.05, 0) is 76.5 Å². The zero-order valence-electron chi connectivity index (χ0n) is 23.4. The van der Waals surface area contributed by atoms with Crippen LogP contribution in [0.4, 0.5) is 5.69 Å². The molecule has 2 N–H and O–H groups in total. The Labute approximate surface area is 259 Å². The predicted octanol–water partition coefficient (Wildman–Crippen LogP) is 4.37. The molecule has 0 radical (unpaired) electrons. The first-order valence-electron chi connectivity index (χ1n) is 12.9. The van der Waals surface area contributed by atoms with Crippen molar-refractivity contribution in [1.82, 2.24) is 4.57 Å². The number of anilines is 1. The monoisotopic (exact) mass is 659 g/mol. The molecule has 1 atom stereocenters. The number of phenols is 1. The van der Waals surface area contributed by atoms with Gasteiger partial charge < -0.3 is 24.6 Å². The molecule has 0 aliphatic carbocycles. The van der Waals surface area contributed by atoms with Crippen LogP contribution in [0.25, 0.3) is 6.08 Å². The maximum absolute atomic E-state index is 14.1. The van der Waals surface area contributed by atoms with Gasteiger partial charge in [0.15, 0.2) is 27.8 Å². The number of rotatable bonds is 8. The number of fused-ring (bicyclic) bond motifs is 1. The van der Waals surface area contributed by atoms with Crippen LogP contribution < -0.4 is 34.4 Å². The van der Waals surface area contributed by atoms with Gasteiger partial charge in [-0.1, -0.05) is 41.5 Å². The zero-order valence-corrected chi connectivity index (χ0v) is 25.8. The maximum Gasteiger partial charge on any atom is 0.271 e. The number of aromatic nitrogens is 1. The molecule has 5 rings (SSSR count). The maximum atomic E-state index is 14.1. The third kappa shape index (κ3) is 5.93. The molecule has 2 heterocycles. The minimum atomic E-state index is -0.850. The Morgan fingerprint density at radius 2 is 1.91 bits per heavy atom. The predicted molar refractivity (Wildman–Crippen MR) is 169 cm³/mol. The van der Waals surface area contributed by atoms with E-state index in [1.54, 1.807) is 49.4 Å². The molecule has 0 fully saturated rings. The van der Waals surface area contributed by atoms with Crippen LogP contribution in [0, 0.1) is 12.3 Å². The SMILES string of the molecule is C#CCOc1c(Br)cc(/C=c2\sc3n(c2=O)[C@@H](c2ccc(O)c(OC)c2)C(C(=O)Nc2ccccc2)=C(C)N=3)cc1OC. The highest BCUT2D eigenvalue weighted by atomic mass is 79.9. The summed E-state index contributed by atoms with van der Waals surface area (Å²) in [5.41, 5.74) is 2.23. The number of halogens is 1. The first-order chi connectivity index (χ1) is 20.7. The summed E-state index contributed by atoms with van der Waals surface area (Å²) in [4.78, 5) is 32.9. The largest absolute Gasteiger partial charge is 0.504 e. The van der Waals surface area contributed by atoms with E-state index in [1.165, 1.54) is 36.2 Å². The van der Waals surface area contributed by atoms with E-state index in [9.17, 15) is 14.7 Å². The first-order valence-corrected chi connectivity index (χ1v) is 14.6. The molecule has 43 heavy (non-hydrogen) atoms. The molecule has 0 bridgehead atoms. The Morgan fingerprint density at radius 3 is 2.60 bits per heavy atom. The average Bonchev–Trinajstić information content (AvgIpc) is 3.30. The number of nitrogens with one attached hydrogen (secondary N) is 1. The molecule has 0 spiro atoms.